The SMILES string of the molecule is CC1=C(/C=C/C(C)=C/C=C/C(C)=C/C(=O)Nc2cc[n+](CCCOc3c4occc4cc4ccc(=O)oc34)c3ccccc23)C(C)(C)CCC1.CC1=C(/C=C/C(C)=C/C=C/C(C)=C/C(=O)Nc2ccc3c[n+](CCCOc4c5occc5cc5ccc(=O)oc45)ccc3c2)C(C)(C)CCC1.[Br-].[Br-]. The van der Waals surface area contributed by atoms with E-state index in [0.29, 0.717) is 60.0 Å². The van der Waals surface area contributed by atoms with E-state index in [0.717, 1.165) is 84.3 Å². The number of allylic oxidation sites excluding steroid dienone is 18. The van der Waals surface area contributed by atoms with E-state index in [1.807, 2.05) is 129 Å². The lowest BCUT2D eigenvalue weighted by atomic mass is 9.72. The standard InChI is InChI=1S/2C43H44N2O5.2BrH/c1-29(12-16-37-31(3)11-7-20-43(37,4)5)9-6-10-30(2)25-38(46)44-36-15-13-35-28-45(22-18-32(35)27-36)21-8-23-48-42-40-34(19-24-49-40)26-33-14-17-39(47)50-41(33)42;1-29(16-18-35-31(3)13-9-22-43(35,4)5)11-8-12-30(2)27-38(46)44-36-20-24-45(37-15-7-6-14-34(36)37)23-10-25-48-42-40-33(21-26-49-40)28-32-17-19-39(47)50-41(32)42;;/h6,9-10,12-19,22,24-28H,7-8,11,20-21,23H2,1-5H3;6-8,11-12,14-21,24,26-28H,9-10,13,22-23,25H2,1-5H3;2*1H/b10-6+,16-12+,29-9+,30-25+;12-8+,18-16+,29-11+,30-27+;;. The number of hydrogen-bond donors (Lipinski definition) is 2. The summed E-state index contributed by atoms with van der Waals surface area (Å²) in [4.78, 5) is 49.7. The second-order valence-electron chi connectivity index (χ2n) is 27.6. The minimum Gasteiger partial charge on any atom is -1.00 e. The molecule has 102 heavy (non-hydrogen) atoms. The Balaban J connectivity index is 0.000000233. The van der Waals surface area contributed by atoms with Crippen molar-refractivity contribution in [3.63, 3.8) is 0 Å². The molecule has 528 valence electrons. The molecule has 0 bridgehead atoms. The molecular formula is C86H90Br2N4O10. The largest absolute Gasteiger partial charge is 1.00 e. The third-order valence-electron chi connectivity index (χ3n) is 18.7. The molecule has 6 aromatic heterocycles. The summed E-state index contributed by atoms with van der Waals surface area (Å²) in [6, 6.07) is 31.7. The van der Waals surface area contributed by atoms with Crippen molar-refractivity contribution < 1.29 is 79.8 Å². The van der Waals surface area contributed by atoms with Crippen LogP contribution in [0.3, 0.4) is 0 Å². The first-order valence-corrected chi connectivity index (χ1v) is 34.6. The van der Waals surface area contributed by atoms with Crippen molar-refractivity contribution in [1.29, 1.82) is 0 Å². The van der Waals surface area contributed by atoms with Gasteiger partial charge in [-0.1, -0.05) is 123 Å². The van der Waals surface area contributed by atoms with Gasteiger partial charge in [0, 0.05) is 87.9 Å². The number of halogens is 2. The van der Waals surface area contributed by atoms with Gasteiger partial charge in [-0.3, -0.25) is 9.59 Å². The Hall–Kier alpha value is -9.90. The van der Waals surface area contributed by atoms with Crippen molar-refractivity contribution in [3.05, 3.63) is 273 Å². The van der Waals surface area contributed by atoms with E-state index < -0.39 is 11.3 Å². The van der Waals surface area contributed by atoms with E-state index in [-0.39, 0.29) is 56.6 Å². The second-order valence-corrected chi connectivity index (χ2v) is 27.6. The molecule has 2 aliphatic rings. The van der Waals surface area contributed by atoms with E-state index in [1.165, 1.54) is 78.5 Å². The van der Waals surface area contributed by atoms with Crippen LogP contribution >= 0.6 is 0 Å². The summed E-state index contributed by atoms with van der Waals surface area (Å²) >= 11 is 0. The van der Waals surface area contributed by atoms with Crippen molar-refractivity contribution in [2.24, 2.45) is 10.8 Å². The molecular weight excluding hydrogens is 1410 g/mol. The van der Waals surface area contributed by atoms with Crippen molar-refractivity contribution in [3.8, 4) is 11.5 Å². The summed E-state index contributed by atoms with van der Waals surface area (Å²) in [6.45, 7) is 24.1. The maximum Gasteiger partial charge on any atom is 0.336 e. The number of benzene rings is 4. The van der Waals surface area contributed by atoms with Gasteiger partial charge in [-0.05, 0) is 179 Å². The Kier molecular flexibility index (Phi) is 25.9. The number of pyridine rings is 2. The summed E-state index contributed by atoms with van der Waals surface area (Å²) < 4.78 is 38.8. The number of amides is 2. The Morgan fingerprint density at radius 2 is 1.05 bits per heavy atom. The first-order valence-electron chi connectivity index (χ1n) is 34.6. The number of nitrogens with zero attached hydrogens (tertiary/aromatic N) is 2. The first kappa shape index (κ1) is 76.3. The molecule has 14 nitrogen and oxygen atoms in total. The number of para-hydroxylation sites is 1. The smallest absolute Gasteiger partial charge is 0.336 e. The van der Waals surface area contributed by atoms with Gasteiger partial charge < -0.3 is 71.7 Å². The Morgan fingerprint density at radius 3 is 1.60 bits per heavy atom. The number of furan rings is 2. The number of aromatic nitrogens is 2. The fourth-order valence-electron chi connectivity index (χ4n) is 13.5. The molecule has 0 aliphatic heterocycles. The maximum atomic E-state index is 13.0. The van der Waals surface area contributed by atoms with Crippen molar-refractivity contribution in [2.75, 3.05) is 23.8 Å². The molecule has 0 unspecified atom stereocenters. The summed E-state index contributed by atoms with van der Waals surface area (Å²) in [5, 5.41) is 12.4. The number of rotatable bonds is 22. The zero-order valence-corrected chi connectivity index (χ0v) is 63.0. The van der Waals surface area contributed by atoms with E-state index in [2.05, 4.69) is 118 Å². The van der Waals surface area contributed by atoms with Gasteiger partial charge in [0.2, 0.25) is 28.8 Å². The number of hydrogen-bond acceptors (Lipinski definition) is 10. The molecule has 6 heterocycles. The van der Waals surface area contributed by atoms with Crippen LogP contribution in [0.25, 0.3) is 65.6 Å². The maximum absolute atomic E-state index is 13.0. The number of carbonyl (C=O) groups excluding carboxylic acids is 2. The van der Waals surface area contributed by atoms with Crippen LogP contribution in [0.15, 0.2) is 279 Å². The van der Waals surface area contributed by atoms with Crippen LogP contribution in [-0.2, 0) is 22.7 Å². The van der Waals surface area contributed by atoms with Crippen molar-refractivity contribution in [1.82, 2.24) is 0 Å². The monoisotopic (exact) mass is 1500 g/mol. The Morgan fingerprint density at radius 1 is 0.539 bits per heavy atom. The van der Waals surface area contributed by atoms with Crippen LogP contribution in [0.5, 0.6) is 11.5 Å². The molecule has 4 aromatic carbocycles. The number of anilines is 2. The number of fused-ring (bicyclic) bond motifs is 6. The number of carbonyl (C=O) groups is 2. The zero-order chi connectivity index (χ0) is 70.5. The predicted octanol–water partition coefficient (Wildman–Crippen LogP) is 13.8. The third kappa shape index (κ3) is 19.4. The van der Waals surface area contributed by atoms with Gasteiger partial charge in [-0.15, -0.1) is 0 Å². The predicted molar refractivity (Wildman–Crippen MR) is 403 cm³/mol. The van der Waals surface area contributed by atoms with E-state index in [4.69, 9.17) is 27.1 Å². The minimum absolute atomic E-state index is 0. The van der Waals surface area contributed by atoms with Crippen LogP contribution < -0.4 is 74.5 Å². The first-order chi connectivity index (χ1) is 48.1. The highest BCUT2D eigenvalue weighted by molar-refractivity contribution is 6.06. The molecule has 0 saturated carbocycles. The average Bonchev–Trinajstić information content (AvgIpc) is 1.60. The molecule has 0 spiro atoms. The molecule has 2 N–H and O–H groups in total. The molecule has 2 aliphatic carbocycles. The lowest BCUT2D eigenvalue weighted by molar-refractivity contribution is -0.696. The van der Waals surface area contributed by atoms with Gasteiger partial charge in [0.05, 0.1) is 36.8 Å². The zero-order valence-electron chi connectivity index (χ0n) is 59.8. The fraction of sp³-hybridized carbons (Fsp3) is 0.279. The summed E-state index contributed by atoms with van der Waals surface area (Å²) in [5.74, 6) is 0.525. The Labute approximate surface area is 617 Å². The number of aryl methyl sites for hydroxylation is 2. The minimum atomic E-state index is -0.442. The highest BCUT2D eigenvalue weighted by Gasteiger charge is 2.28. The fourth-order valence-corrected chi connectivity index (χ4v) is 13.5. The lowest BCUT2D eigenvalue weighted by Gasteiger charge is -2.33. The van der Waals surface area contributed by atoms with Gasteiger partial charge in [-0.2, -0.15) is 4.57 Å². The van der Waals surface area contributed by atoms with Crippen LogP contribution in [-0.4, -0.2) is 25.0 Å². The normalized spacial score (nSPS) is 15.3. The van der Waals surface area contributed by atoms with E-state index in [9.17, 15) is 19.2 Å². The molecule has 0 radical (unpaired) electrons. The highest BCUT2D eigenvalue weighted by Crippen LogP contribution is 2.43. The van der Waals surface area contributed by atoms with Gasteiger partial charge in [-0.25, -0.2) is 14.2 Å². The topological polar surface area (TPSA) is 171 Å². The molecule has 2 amide bonds. The van der Waals surface area contributed by atoms with Gasteiger partial charge in [0.1, 0.15) is 0 Å². The summed E-state index contributed by atoms with van der Waals surface area (Å²) in [5.41, 5.74) is 13.9. The van der Waals surface area contributed by atoms with Crippen molar-refractivity contribution >= 4 is 88.7 Å². The molecule has 0 saturated heterocycles. The van der Waals surface area contributed by atoms with Crippen LogP contribution in [0.1, 0.15) is 121 Å². The van der Waals surface area contributed by atoms with Gasteiger partial charge >= 0.3 is 11.3 Å². The number of nitrogens with one attached hydrogen (secondary N) is 2. The number of ether oxygens (including phenoxy) is 2. The molecule has 10 aromatic rings. The highest BCUT2D eigenvalue weighted by atomic mass is 79.9. The molecule has 0 fully saturated rings. The molecule has 16 heteroatoms. The molecule has 12 rings (SSSR count). The van der Waals surface area contributed by atoms with Crippen LogP contribution in [0, 0.1) is 10.8 Å². The van der Waals surface area contributed by atoms with Crippen LogP contribution in [0.2, 0.25) is 0 Å². The second kappa shape index (κ2) is 34.6. The average molecular weight is 1500 g/mol. The Bertz CT molecular complexity index is 5210. The van der Waals surface area contributed by atoms with E-state index >= 15 is 0 Å². The van der Waals surface area contributed by atoms with Crippen LogP contribution in [0.4, 0.5) is 11.4 Å². The quantitative estimate of drug-likeness (QED) is 0.0219. The summed E-state index contributed by atoms with van der Waals surface area (Å²) in [6.07, 6.45) is 42.2. The molecule has 0 atom stereocenters. The third-order valence-corrected chi connectivity index (χ3v) is 18.7. The van der Waals surface area contributed by atoms with Gasteiger partial charge in [0.25, 0.3) is 0 Å². The summed E-state index contributed by atoms with van der Waals surface area (Å²) in [7, 11) is 0. The van der Waals surface area contributed by atoms with Crippen molar-refractivity contribution in [2.45, 2.75) is 134 Å². The van der Waals surface area contributed by atoms with Gasteiger partial charge in [0.15, 0.2) is 54.0 Å². The van der Waals surface area contributed by atoms with E-state index in [1.54, 1.807) is 36.8 Å². The lowest BCUT2D eigenvalue weighted by Crippen LogP contribution is -3.00.